The van der Waals surface area contributed by atoms with E-state index in [1.54, 1.807) is 0 Å². The molecule has 17 heavy (non-hydrogen) atoms. The Morgan fingerprint density at radius 2 is 2.29 bits per heavy atom. The Labute approximate surface area is 104 Å². The van der Waals surface area contributed by atoms with Gasteiger partial charge >= 0.3 is 0 Å². The van der Waals surface area contributed by atoms with E-state index in [2.05, 4.69) is 5.32 Å². The van der Waals surface area contributed by atoms with Gasteiger partial charge in [0.15, 0.2) is 11.3 Å². The van der Waals surface area contributed by atoms with Gasteiger partial charge in [0.25, 0.3) is 0 Å². The smallest absolute Gasteiger partial charge is 0.173 e. The second kappa shape index (κ2) is 4.03. The van der Waals surface area contributed by atoms with Gasteiger partial charge < -0.3 is 25.0 Å². The zero-order chi connectivity index (χ0) is 12.2. The van der Waals surface area contributed by atoms with Gasteiger partial charge in [-0.25, -0.2) is 0 Å². The number of hydrogen-bond donors (Lipinski definition) is 3. The van der Waals surface area contributed by atoms with E-state index < -0.39 is 18.3 Å². The fraction of sp³-hybridized carbons (Fsp3) is 0.900. The van der Waals surface area contributed by atoms with Crippen LogP contribution in [0.1, 0.15) is 13.3 Å². The maximum absolute atomic E-state index is 9.96. The SMILES string of the molecule is C[C@H]1C[C@@H]2OC3C(O)C(CO)OC3N2C(=S)N1. The number of fused-ring (bicyclic) bond motifs is 3. The molecule has 3 rings (SSSR count). The minimum atomic E-state index is -0.797. The van der Waals surface area contributed by atoms with Gasteiger partial charge in [-0.15, -0.1) is 0 Å². The average molecular weight is 260 g/mol. The van der Waals surface area contributed by atoms with Crippen LogP contribution in [0.15, 0.2) is 0 Å². The third kappa shape index (κ3) is 1.65. The Morgan fingerprint density at radius 1 is 1.53 bits per heavy atom. The first-order valence-electron chi connectivity index (χ1n) is 5.80. The average Bonchev–Trinajstić information content (AvgIpc) is 2.75. The van der Waals surface area contributed by atoms with Crippen molar-refractivity contribution in [1.29, 1.82) is 0 Å². The summed E-state index contributed by atoms with van der Waals surface area (Å²) in [5, 5.41) is 22.8. The second-order valence-corrected chi connectivity index (χ2v) is 5.17. The summed E-state index contributed by atoms with van der Waals surface area (Å²) >= 11 is 5.27. The first-order chi connectivity index (χ1) is 8.11. The Balaban J connectivity index is 1.82. The summed E-state index contributed by atoms with van der Waals surface area (Å²) in [4.78, 5) is 1.85. The monoisotopic (exact) mass is 260 g/mol. The summed E-state index contributed by atoms with van der Waals surface area (Å²) in [7, 11) is 0. The molecule has 3 fully saturated rings. The van der Waals surface area contributed by atoms with Crippen molar-refractivity contribution in [1.82, 2.24) is 10.2 Å². The van der Waals surface area contributed by atoms with Crippen molar-refractivity contribution in [2.24, 2.45) is 0 Å². The number of ether oxygens (including phenoxy) is 2. The molecule has 7 heteroatoms. The van der Waals surface area contributed by atoms with Crippen LogP contribution >= 0.6 is 12.2 Å². The lowest BCUT2D eigenvalue weighted by molar-refractivity contribution is -0.0938. The summed E-state index contributed by atoms with van der Waals surface area (Å²) in [6.07, 6.45) is -1.54. The molecule has 0 aromatic rings. The van der Waals surface area contributed by atoms with Gasteiger partial charge in [0.05, 0.1) is 6.61 Å². The highest BCUT2D eigenvalue weighted by atomic mass is 32.1. The van der Waals surface area contributed by atoms with Crippen LogP contribution in [0.5, 0.6) is 0 Å². The summed E-state index contributed by atoms with van der Waals surface area (Å²) in [6, 6.07) is 0.258. The zero-order valence-corrected chi connectivity index (χ0v) is 10.3. The molecule has 0 aliphatic carbocycles. The molecule has 3 aliphatic heterocycles. The number of nitrogens with zero attached hydrogens (tertiary/aromatic N) is 1. The van der Waals surface area contributed by atoms with E-state index in [9.17, 15) is 5.11 Å². The number of thiocarbonyl (C=S) groups is 1. The molecular weight excluding hydrogens is 244 g/mol. The quantitative estimate of drug-likeness (QED) is 0.509. The van der Waals surface area contributed by atoms with E-state index in [1.165, 1.54) is 0 Å². The van der Waals surface area contributed by atoms with Crippen LogP contribution in [0.2, 0.25) is 0 Å². The van der Waals surface area contributed by atoms with E-state index in [-0.39, 0.29) is 25.1 Å². The Bertz CT molecular complexity index is 342. The van der Waals surface area contributed by atoms with Gasteiger partial charge in [-0.2, -0.15) is 0 Å². The van der Waals surface area contributed by atoms with Gasteiger partial charge in [0.2, 0.25) is 0 Å². The van der Waals surface area contributed by atoms with Crippen LogP contribution in [-0.4, -0.2) is 63.6 Å². The molecule has 3 heterocycles. The predicted octanol–water partition coefficient (Wildman–Crippen LogP) is -1.24. The zero-order valence-electron chi connectivity index (χ0n) is 9.44. The lowest BCUT2D eigenvalue weighted by atomic mass is 10.1. The van der Waals surface area contributed by atoms with Crippen LogP contribution in [0, 0.1) is 0 Å². The van der Waals surface area contributed by atoms with E-state index in [1.807, 2.05) is 11.8 Å². The van der Waals surface area contributed by atoms with Gasteiger partial charge in [0, 0.05) is 12.5 Å². The van der Waals surface area contributed by atoms with Gasteiger partial charge in [-0.3, -0.25) is 4.90 Å². The lowest BCUT2D eigenvalue weighted by Gasteiger charge is -2.37. The van der Waals surface area contributed by atoms with Gasteiger partial charge in [-0.1, -0.05) is 0 Å². The molecule has 0 bridgehead atoms. The highest BCUT2D eigenvalue weighted by molar-refractivity contribution is 7.80. The van der Waals surface area contributed by atoms with Crippen molar-refractivity contribution in [2.75, 3.05) is 6.61 Å². The first kappa shape index (κ1) is 11.6. The number of nitrogens with one attached hydrogen (secondary N) is 1. The standard InChI is InChI=1S/C10H16N2O4S/c1-4-2-6-12(10(17)11-4)9-8(16-6)7(14)5(3-13)15-9/h4-9,13-14H,2-3H2,1H3,(H,11,17)/t4-,5?,6-,7?,8?,9?/m0/s1. The Morgan fingerprint density at radius 3 is 3.00 bits per heavy atom. The molecule has 3 N–H and O–H groups in total. The molecule has 4 unspecified atom stereocenters. The lowest BCUT2D eigenvalue weighted by Crippen LogP contribution is -2.56. The van der Waals surface area contributed by atoms with Crippen LogP contribution < -0.4 is 5.32 Å². The maximum Gasteiger partial charge on any atom is 0.173 e. The normalized spacial score (nSPS) is 48.9. The number of aliphatic hydroxyl groups is 2. The largest absolute Gasteiger partial charge is 0.394 e. The Kier molecular flexibility index (Phi) is 2.75. The van der Waals surface area contributed by atoms with Crippen molar-refractivity contribution in [3.8, 4) is 0 Å². The molecule has 6 nitrogen and oxygen atoms in total. The summed E-state index contributed by atoms with van der Waals surface area (Å²) in [6.45, 7) is 1.82. The van der Waals surface area contributed by atoms with Crippen LogP contribution in [0.4, 0.5) is 0 Å². The summed E-state index contributed by atoms with van der Waals surface area (Å²) < 4.78 is 11.4. The van der Waals surface area contributed by atoms with E-state index in [0.717, 1.165) is 6.42 Å². The second-order valence-electron chi connectivity index (χ2n) is 4.79. The van der Waals surface area contributed by atoms with Gasteiger partial charge in [-0.05, 0) is 19.1 Å². The van der Waals surface area contributed by atoms with Crippen molar-refractivity contribution in [3.05, 3.63) is 0 Å². The molecule has 6 atom stereocenters. The third-order valence-corrected chi connectivity index (χ3v) is 3.88. The van der Waals surface area contributed by atoms with Crippen LogP contribution in [0.3, 0.4) is 0 Å². The van der Waals surface area contributed by atoms with E-state index in [4.69, 9.17) is 26.8 Å². The topological polar surface area (TPSA) is 74.2 Å². The van der Waals surface area contributed by atoms with Crippen molar-refractivity contribution in [3.63, 3.8) is 0 Å². The highest BCUT2D eigenvalue weighted by Gasteiger charge is 2.56. The van der Waals surface area contributed by atoms with E-state index in [0.29, 0.717) is 5.11 Å². The summed E-state index contributed by atoms with van der Waals surface area (Å²) in [5.41, 5.74) is 0. The van der Waals surface area contributed by atoms with Crippen LogP contribution in [-0.2, 0) is 9.47 Å². The van der Waals surface area contributed by atoms with E-state index >= 15 is 0 Å². The number of hydrogen-bond acceptors (Lipinski definition) is 5. The molecule has 0 saturated carbocycles. The number of rotatable bonds is 1. The molecule has 0 aromatic carbocycles. The fourth-order valence-electron chi connectivity index (χ4n) is 2.71. The first-order valence-corrected chi connectivity index (χ1v) is 6.21. The predicted molar refractivity (Wildman–Crippen MR) is 62.1 cm³/mol. The molecule has 0 spiro atoms. The van der Waals surface area contributed by atoms with Crippen molar-refractivity contribution in [2.45, 2.75) is 50.2 Å². The summed E-state index contributed by atoms with van der Waals surface area (Å²) in [5.74, 6) is 0. The minimum Gasteiger partial charge on any atom is -0.394 e. The highest BCUT2D eigenvalue weighted by Crippen LogP contribution is 2.37. The molecule has 0 amide bonds. The third-order valence-electron chi connectivity index (χ3n) is 3.55. The molecular formula is C10H16N2O4S. The number of aliphatic hydroxyl groups excluding tert-OH is 2. The van der Waals surface area contributed by atoms with Crippen molar-refractivity contribution >= 4 is 17.3 Å². The minimum absolute atomic E-state index is 0.136. The molecule has 3 saturated heterocycles. The Hall–Kier alpha value is -0.470. The van der Waals surface area contributed by atoms with Crippen molar-refractivity contribution < 1.29 is 19.7 Å². The molecule has 0 aromatic heterocycles. The van der Waals surface area contributed by atoms with Crippen LogP contribution in [0.25, 0.3) is 0 Å². The maximum atomic E-state index is 9.96. The van der Waals surface area contributed by atoms with Gasteiger partial charge in [0.1, 0.15) is 24.5 Å². The fourth-order valence-corrected chi connectivity index (χ4v) is 3.14. The molecule has 0 radical (unpaired) electrons. The molecule has 3 aliphatic rings. The molecule has 96 valence electrons.